The maximum Gasteiger partial charge on any atom is 0.123 e. The van der Waals surface area contributed by atoms with Crippen LogP contribution in [-0.2, 0) is 6.42 Å². The van der Waals surface area contributed by atoms with E-state index in [1.54, 1.807) is 17.7 Å². The highest BCUT2D eigenvalue weighted by Crippen LogP contribution is 2.56. The fourth-order valence-electron chi connectivity index (χ4n) is 4.70. The first-order chi connectivity index (χ1) is 10.7. The van der Waals surface area contributed by atoms with Crippen LogP contribution in [0, 0.1) is 23.6 Å². The van der Waals surface area contributed by atoms with Crippen LogP contribution in [0.3, 0.4) is 0 Å². The number of fused-ring (bicyclic) bond motifs is 2. The summed E-state index contributed by atoms with van der Waals surface area (Å²) in [6.45, 7) is 5.88. The summed E-state index contributed by atoms with van der Waals surface area (Å²) < 4.78 is 13.0. The van der Waals surface area contributed by atoms with Gasteiger partial charge in [0.05, 0.1) is 0 Å². The van der Waals surface area contributed by atoms with Gasteiger partial charge in [-0.25, -0.2) is 4.39 Å². The van der Waals surface area contributed by atoms with Gasteiger partial charge in [0.2, 0.25) is 0 Å². The second kappa shape index (κ2) is 5.81. The van der Waals surface area contributed by atoms with Crippen LogP contribution in [0.4, 0.5) is 4.39 Å². The number of likely N-dealkylation sites (tertiary alicyclic amines) is 1. The zero-order valence-corrected chi connectivity index (χ0v) is 13.5. The van der Waals surface area contributed by atoms with Crippen LogP contribution in [0.5, 0.6) is 0 Å². The Hall–Kier alpha value is -1.15. The minimum absolute atomic E-state index is 0.135. The molecule has 0 radical (unpaired) electrons. The molecule has 118 valence electrons. The van der Waals surface area contributed by atoms with E-state index >= 15 is 0 Å². The molecule has 0 bridgehead atoms. The zero-order chi connectivity index (χ0) is 15.1. The van der Waals surface area contributed by atoms with Crippen LogP contribution < -0.4 is 0 Å². The molecule has 1 aromatic rings. The Morgan fingerprint density at radius 2 is 1.95 bits per heavy atom. The van der Waals surface area contributed by atoms with E-state index in [2.05, 4.69) is 11.8 Å². The summed E-state index contributed by atoms with van der Waals surface area (Å²) in [5.74, 6) is 2.69. The molecule has 1 aromatic carbocycles. The van der Waals surface area contributed by atoms with Crippen molar-refractivity contribution in [3.05, 3.63) is 46.8 Å². The quantitative estimate of drug-likeness (QED) is 0.727. The summed E-state index contributed by atoms with van der Waals surface area (Å²) in [6.07, 6.45) is 6.59. The highest BCUT2D eigenvalue weighted by Gasteiger charge is 2.48. The molecule has 2 heteroatoms. The summed E-state index contributed by atoms with van der Waals surface area (Å²) in [7, 11) is 0. The standard InChI is InChI=1S/C20H26FN/c1-2-3-18-19-11-15(19)10-16-12-22(13-20(16)18)9-8-14-4-6-17(21)7-5-14/h4-7,15-16,19H,2-3,8-13H2,1H3. The zero-order valence-electron chi connectivity index (χ0n) is 13.5. The smallest absolute Gasteiger partial charge is 0.123 e. The predicted octanol–water partition coefficient (Wildman–Crippen LogP) is 4.44. The van der Waals surface area contributed by atoms with Crippen molar-refractivity contribution in [3.8, 4) is 0 Å². The third-order valence-electron chi connectivity index (χ3n) is 5.88. The molecule has 0 amide bonds. The van der Waals surface area contributed by atoms with E-state index < -0.39 is 0 Å². The molecule has 0 aromatic heterocycles. The Balaban J connectivity index is 1.40. The van der Waals surface area contributed by atoms with Gasteiger partial charge in [-0.3, -0.25) is 4.90 Å². The largest absolute Gasteiger partial charge is 0.298 e. The van der Waals surface area contributed by atoms with E-state index in [1.807, 2.05) is 17.7 Å². The van der Waals surface area contributed by atoms with Crippen LogP contribution in [0.1, 0.15) is 38.2 Å². The van der Waals surface area contributed by atoms with Crippen molar-refractivity contribution < 1.29 is 4.39 Å². The van der Waals surface area contributed by atoms with Crippen LogP contribution in [0.2, 0.25) is 0 Å². The number of rotatable bonds is 5. The van der Waals surface area contributed by atoms with Gasteiger partial charge in [0.1, 0.15) is 5.82 Å². The van der Waals surface area contributed by atoms with Crippen LogP contribution >= 0.6 is 0 Å². The Morgan fingerprint density at radius 3 is 2.73 bits per heavy atom. The average molecular weight is 299 g/mol. The molecule has 3 unspecified atom stereocenters. The van der Waals surface area contributed by atoms with E-state index in [0.717, 1.165) is 30.7 Å². The van der Waals surface area contributed by atoms with Crippen molar-refractivity contribution in [3.63, 3.8) is 0 Å². The molecular formula is C20H26FN. The van der Waals surface area contributed by atoms with Gasteiger partial charge >= 0.3 is 0 Å². The highest BCUT2D eigenvalue weighted by molar-refractivity contribution is 5.33. The van der Waals surface area contributed by atoms with Crippen LogP contribution in [-0.4, -0.2) is 24.5 Å². The molecule has 3 aliphatic rings. The first-order valence-electron chi connectivity index (χ1n) is 8.93. The summed E-state index contributed by atoms with van der Waals surface area (Å²) in [5, 5.41) is 0. The molecule has 22 heavy (non-hydrogen) atoms. The van der Waals surface area contributed by atoms with Gasteiger partial charge in [0, 0.05) is 19.6 Å². The van der Waals surface area contributed by atoms with Gasteiger partial charge in [-0.1, -0.05) is 36.6 Å². The normalized spacial score (nSPS) is 30.4. The first-order valence-corrected chi connectivity index (χ1v) is 8.93. The third-order valence-corrected chi connectivity index (χ3v) is 5.88. The lowest BCUT2D eigenvalue weighted by molar-refractivity contribution is 0.321. The van der Waals surface area contributed by atoms with E-state index in [9.17, 15) is 4.39 Å². The number of allylic oxidation sites excluding steroid dienone is 1. The summed E-state index contributed by atoms with van der Waals surface area (Å²) in [4.78, 5) is 2.63. The van der Waals surface area contributed by atoms with Crippen molar-refractivity contribution >= 4 is 0 Å². The fourth-order valence-corrected chi connectivity index (χ4v) is 4.70. The fraction of sp³-hybridized carbons (Fsp3) is 0.600. The summed E-state index contributed by atoms with van der Waals surface area (Å²) in [6, 6.07) is 7.01. The molecule has 1 nitrogen and oxygen atoms in total. The molecule has 1 heterocycles. The molecule has 2 aliphatic carbocycles. The Labute approximate surface area is 133 Å². The van der Waals surface area contributed by atoms with Gasteiger partial charge in [0.15, 0.2) is 0 Å². The number of hydrogen-bond donors (Lipinski definition) is 0. The lowest BCUT2D eigenvalue weighted by atomic mass is 9.83. The Kier molecular flexibility index (Phi) is 3.81. The predicted molar refractivity (Wildman–Crippen MR) is 88.2 cm³/mol. The number of halogens is 1. The molecule has 0 spiro atoms. The lowest BCUT2D eigenvalue weighted by Gasteiger charge is -2.21. The van der Waals surface area contributed by atoms with Crippen molar-refractivity contribution in [2.45, 2.75) is 39.0 Å². The van der Waals surface area contributed by atoms with Gasteiger partial charge in [-0.05, 0) is 61.1 Å². The number of nitrogens with zero attached hydrogens (tertiary/aromatic N) is 1. The van der Waals surface area contributed by atoms with Crippen molar-refractivity contribution in [2.75, 3.05) is 19.6 Å². The summed E-state index contributed by atoms with van der Waals surface area (Å²) in [5.41, 5.74) is 4.90. The number of benzene rings is 1. The van der Waals surface area contributed by atoms with Crippen molar-refractivity contribution in [2.24, 2.45) is 17.8 Å². The molecule has 1 saturated carbocycles. The number of hydrogen-bond acceptors (Lipinski definition) is 1. The minimum atomic E-state index is -0.135. The minimum Gasteiger partial charge on any atom is -0.298 e. The van der Waals surface area contributed by atoms with Gasteiger partial charge in [-0.15, -0.1) is 0 Å². The molecule has 3 atom stereocenters. The van der Waals surface area contributed by atoms with E-state index in [0.29, 0.717) is 0 Å². The van der Waals surface area contributed by atoms with E-state index in [1.165, 1.54) is 44.3 Å². The van der Waals surface area contributed by atoms with Crippen LogP contribution in [0.15, 0.2) is 35.4 Å². The first kappa shape index (κ1) is 14.4. The molecule has 0 N–H and O–H groups in total. The second-order valence-electron chi connectivity index (χ2n) is 7.45. The van der Waals surface area contributed by atoms with Gasteiger partial charge < -0.3 is 0 Å². The molecule has 2 fully saturated rings. The third kappa shape index (κ3) is 2.74. The maximum atomic E-state index is 13.0. The average Bonchev–Trinajstić information content (AvgIpc) is 3.17. The Bertz CT molecular complexity index is 574. The van der Waals surface area contributed by atoms with E-state index in [4.69, 9.17) is 0 Å². The van der Waals surface area contributed by atoms with Crippen LogP contribution in [0.25, 0.3) is 0 Å². The Morgan fingerprint density at radius 1 is 1.14 bits per heavy atom. The molecule has 4 rings (SSSR count). The second-order valence-corrected chi connectivity index (χ2v) is 7.45. The molecule has 1 aliphatic heterocycles. The highest BCUT2D eigenvalue weighted by atomic mass is 19.1. The topological polar surface area (TPSA) is 3.24 Å². The molecule has 1 saturated heterocycles. The monoisotopic (exact) mass is 299 g/mol. The molecular weight excluding hydrogens is 273 g/mol. The van der Waals surface area contributed by atoms with E-state index in [-0.39, 0.29) is 5.82 Å². The van der Waals surface area contributed by atoms with Crippen molar-refractivity contribution in [1.82, 2.24) is 4.90 Å². The SMILES string of the molecule is CCCC1=C2CN(CCc3ccc(F)cc3)CC2CC2CC12. The summed E-state index contributed by atoms with van der Waals surface area (Å²) >= 11 is 0. The lowest BCUT2D eigenvalue weighted by Crippen LogP contribution is -2.23. The van der Waals surface area contributed by atoms with Gasteiger partial charge in [-0.2, -0.15) is 0 Å². The van der Waals surface area contributed by atoms with Crippen molar-refractivity contribution in [1.29, 1.82) is 0 Å². The van der Waals surface area contributed by atoms with Gasteiger partial charge in [0.25, 0.3) is 0 Å². The maximum absolute atomic E-state index is 13.0.